The first-order valence-corrected chi connectivity index (χ1v) is 8.28. The maximum atomic E-state index is 9.37. The molecule has 0 amide bonds. The van der Waals surface area contributed by atoms with Crippen LogP contribution in [-0.4, -0.2) is 10.9 Å². The first kappa shape index (κ1) is 17.1. The molecular formula is C20H26N2O. The lowest BCUT2D eigenvalue weighted by atomic mass is 9.88. The van der Waals surface area contributed by atoms with Gasteiger partial charge in [0, 0.05) is 6.42 Å². The highest BCUT2D eigenvalue weighted by Crippen LogP contribution is 2.22. The summed E-state index contributed by atoms with van der Waals surface area (Å²) in [5.41, 5.74) is 8.09. The number of rotatable bonds is 9. The predicted molar refractivity (Wildman–Crippen MR) is 95.8 cm³/mol. The van der Waals surface area contributed by atoms with Crippen LogP contribution < -0.4 is 5.73 Å². The van der Waals surface area contributed by atoms with E-state index in [0.717, 1.165) is 32.1 Å². The van der Waals surface area contributed by atoms with Crippen molar-refractivity contribution in [3.05, 3.63) is 65.7 Å². The third-order valence-corrected chi connectivity index (χ3v) is 4.20. The standard InChI is InChI=1S/C20H26N2O/c21-20(22)8-4-7-18(15-17-5-2-1-3-6-17)10-9-16-11-13-19(23)14-12-16/h1-3,5-6,11-14,18,23H,4,7-10,15H2,(H3,21,22). The lowest BCUT2D eigenvalue weighted by Crippen LogP contribution is -2.11. The monoisotopic (exact) mass is 310 g/mol. The summed E-state index contributed by atoms with van der Waals surface area (Å²) in [5, 5.41) is 16.7. The summed E-state index contributed by atoms with van der Waals surface area (Å²) in [5.74, 6) is 1.18. The summed E-state index contributed by atoms with van der Waals surface area (Å²) in [6.45, 7) is 0. The average molecular weight is 310 g/mol. The zero-order chi connectivity index (χ0) is 16.5. The molecule has 0 radical (unpaired) electrons. The van der Waals surface area contributed by atoms with Crippen molar-refractivity contribution in [2.75, 3.05) is 0 Å². The summed E-state index contributed by atoms with van der Waals surface area (Å²) in [6.07, 6.45) is 5.94. The van der Waals surface area contributed by atoms with Crippen molar-refractivity contribution in [2.45, 2.75) is 38.5 Å². The molecule has 2 rings (SSSR count). The van der Waals surface area contributed by atoms with E-state index in [4.69, 9.17) is 11.1 Å². The minimum Gasteiger partial charge on any atom is -0.508 e. The zero-order valence-electron chi connectivity index (χ0n) is 13.5. The van der Waals surface area contributed by atoms with Crippen LogP contribution in [0.3, 0.4) is 0 Å². The van der Waals surface area contributed by atoms with Crippen LogP contribution in [0.1, 0.15) is 36.8 Å². The van der Waals surface area contributed by atoms with E-state index in [1.165, 1.54) is 11.1 Å². The maximum absolute atomic E-state index is 9.37. The number of amidine groups is 1. The van der Waals surface area contributed by atoms with Crippen molar-refractivity contribution in [3.63, 3.8) is 0 Å². The Hall–Kier alpha value is -2.29. The van der Waals surface area contributed by atoms with Gasteiger partial charge in [-0.05, 0) is 61.3 Å². The van der Waals surface area contributed by atoms with Gasteiger partial charge in [0.2, 0.25) is 0 Å². The van der Waals surface area contributed by atoms with Crippen molar-refractivity contribution in [2.24, 2.45) is 11.7 Å². The largest absolute Gasteiger partial charge is 0.508 e. The Kier molecular flexibility index (Phi) is 6.67. The molecule has 0 heterocycles. The number of aryl methyl sites for hydroxylation is 1. The molecule has 0 saturated carbocycles. The first-order valence-electron chi connectivity index (χ1n) is 8.28. The Morgan fingerprint density at radius 1 is 0.957 bits per heavy atom. The van der Waals surface area contributed by atoms with Crippen LogP contribution in [0.4, 0.5) is 0 Å². The molecule has 0 bridgehead atoms. The molecule has 0 saturated heterocycles. The Morgan fingerprint density at radius 3 is 2.30 bits per heavy atom. The lowest BCUT2D eigenvalue weighted by Gasteiger charge is -2.17. The van der Waals surface area contributed by atoms with Crippen LogP contribution in [-0.2, 0) is 12.8 Å². The highest BCUT2D eigenvalue weighted by Gasteiger charge is 2.10. The van der Waals surface area contributed by atoms with E-state index >= 15 is 0 Å². The van der Waals surface area contributed by atoms with E-state index < -0.39 is 0 Å². The van der Waals surface area contributed by atoms with Crippen LogP contribution in [0, 0.1) is 11.3 Å². The normalized spacial score (nSPS) is 12.0. The summed E-state index contributed by atoms with van der Waals surface area (Å²) in [4.78, 5) is 0. The molecule has 4 N–H and O–H groups in total. The second-order valence-corrected chi connectivity index (χ2v) is 6.18. The van der Waals surface area contributed by atoms with Crippen molar-refractivity contribution < 1.29 is 5.11 Å². The van der Waals surface area contributed by atoms with Gasteiger partial charge in [0.1, 0.15) is 5.75 Å². The predicted octanol–water partition coefficient (Wildman–Crippen LogP) is 4.29. The minimum absolute atomic E-state index is 0.280. The first-order chi connectivity index (χ1) is 11.1. The molecule has 0 aliphatic heterocycles. The molecule has 3 heteroatoms. The van der Waals surface area contributed by atoms with E-state index in [0.29, 0.717) is 18.1 Å². The third kappa shape index (κ3) is 6.55. The van der Waals surface area contributed by atoms with Gasteiger partial charge in [-0.15, -0.1) is 0 Å². The van der Waals surface area contributed by atoms with Crippen molar-refractivity contribution >= 4 is 5.84 Å². The van der Waals surface area contributed by atoms with E-state index in [9.17, 15) is 5.11 Å². The van der Waals surface area contributed by atoms with E-state index in [1.807, 2.05) is 18.2 Å². The number of nitrogens with one attached hydrogen (secondary N) is 1. The number of hydrogen-bond acceptors (Lipinski definition) is 2. The van der Waals surface area contributed by atoms with Crippen LogP contribution in [0.5, 0.6) is 5.75 Å². The fourth-order valence-electron chi connectivity index (χ4n) is 2.91. The van der Waals surface area contributed by atoms with Gasteiger partial charge < -0.3 is 10.8 Å². The Labute approximate surface area is 138 Å². The molecule has 0 aromatic heterocycles. The lowest BCUT2D eigenvalue weighted by molar-refractivity contribution is 0.437. The van der Waals surface area contributed by atoms with Gasteiger partial charge in [-0.25, -0.2) is 0 Å². The SMILES string of the molecule is N=C(N)CCCC(CCc1ccc(O)cc1)Cc1ccccc1. The maximum Gasteiger partial charge on any atom is 0.115 e. The number of nitrogens with two attached hydrogens (primary N) is 1. The molecular weight excluding hydrogens is 284 g/mol. The molecule has 1 unspecified atom stereocenters. The van der Waals surface area contributed by atoms with E-state index in [2.05, 4.69) is 24.3 Å². The van der Waals surface area contributed by atoms with Gasteiger partial charge in [-0.3, -0.25) is 5.41 Å². The fraction of sp³-hybridized carbons (Fsp3) is 0.350. The number of phenols is 1. The third-order valence-electron chi connectivity index (χ3n) is 4.20. The number of phenolic OH excluding ortho intramolecular Hbond substituents is 1. The summed E-state index contributed by atoms with van der Waals surface area (Å²) < 4.78 is 0. The highest BCUT2D eigenvalue weighted by atomic mass is 16.3. The smallest absolute Gasteiger partial charge is 0.115 e. The highest BCUT2D eigenvalue weighted by molar-refractivity contribution is 5.76. The molecule has 2 aromatic carbocycles. The summed E-state index contributed by atoms with van der Waals surface area (Å²) >= 11 is 0. The molecule has 3 nitrogen and oxygen atoms in total. The van der Waals surface area contributed by atoms with Gasteiger partial charge in [-0.2, -0.15) is 0 Å². The van der Waals surface area contributed by atoms with Crippen molar-refractivity contribution in [1.82, 2.24) is 0 Å². The van der Waals surface area contributed by atoms with Gasteiger partial charge in [0.15, 0.2) is 0 Å². The Morgan fingerprint density at radius 2 is 1.65 bits per heavy atom. The number of benzene rings is 2. The number of aromatic hydroxyl groups is 1. The Bertz CT molecular complexity index is 593. The van der Waals surface area contributed by atoms with Crippen molar-refractivity contribution in [3.8, 4) is 5.75 Å². The van der Waals surface area contributed by atoms with Crippen LogP contribution in [0.2, 0.25) is 0 Å². The van der Waals surface area contributed by atoms with E-state index in [-0.39, 0.29) is 5.84 Å². The molecule has 2 aromatic rings. The summed E-state index contributed by atoms with van der Waals surface area (Å²) in [7, 11) is 0. The van der Waals surface area contributed by atoms with Gasteiger partial charge in [0.25, 0.3) is 0 Å². The molecule has 1 atom stereocenters. The molecule has 0 fully saturated rings. The molecule has 0 aliphatic rings. The van der Waals surface area contributed by atoms with Gasteiger partial charge >= 0.3 is 0 Å². The van der Waals surface area contributed by atoms with Crippen molar-refractivity contribution in [1.29, 1.82) is 5.41 Å². The van der Waals surface area contributed by atoms with Gasteiger partial charge in [-0.1, -0.05) is 42.5 Å². The fourth-order valence-corrected chi connectivity index (χ4v) is 2.91. The molecule has 0 aliphatic carbocycles. The summed E-state index contributed by atoms with van der Waals surface area (Å²) in [6, 6.07) is 18.1. The number of hydrogen-bond donors (Lipinski definition) is 3. The molecule has 122 valence electrons. The van der Waals surface area contributed by atoms with Crippen LogP contribution >= 0.6 is 0 Å². The zero-order valence-corrected chi connectivity index (χ0v) is 13.5. The second-order valence-electron chi connectivity index (χ2n) is 6.18. The molecule has 0 spiro atoms. The van der Waals surface area contributed by atoms with E-state index in [1.54, 1.807) is 12.1 Å². The van der Waals surface area contributed by atoms with Crippen LogP contribution in [0.15, 0.2) is 54.6 Å². The quantitative estimate of drug-likeness (QED) is 0.477. The van der Waals surface area contributed by atoms with Gasteiger partial charge in [0.05, 0.1) is 5.84 Å². The second kappa shape index (κ2) is 8.99. The van der Waals surface area contributed by atoms with Crippen LogP contribution in [0.25, 0.3) is 0 Å². The topological polar surface area (TPSA) is 70.1 Å². The average Bonchev–Trinajstić information content (AvgIpc) is 2.54. The molecule has 23 heavy (non-hydrogen) atoms. The Balaban J connectivity index is 1.91. The minimum atomic E-state index is 0.280.